The summed E-state index contributed by atoms with van der Waals surface area (Å²) in [4.78, 5) is 16.4. The molecule has 1 aromatic heterocycles. The molecular formula is C14H24N6O3. The zero-order valence-corrected chi connectivity index (χ0v) is 13.6. The van der Waals surface area contributed by atoms with E-state index in [0.717, 1.165) is 25.0 Å². The molecule has 0 radical (unpaired) electrons. The number of hydrogen-bond donors (Lipinski definition) is 1. The Morgan fingerprint density at radius 2 is 2.43 bits per heavy atom. The number of aliphatic imine (C=N–C) groups is 1. The lowest BCUT2D eigenvalue weighted by molar-refractivity contribution is -0.385. The number of nitrogens with zero attached hydrogens (tertiary/aromatic N) is 5. The van der Waals surface area contributed by atoms with Gasteiger partial charge in [-0.25, -0.2) is 0 Å². The van der Waals surface area contributed by atoms with Gasteiger partial charge in [0, 0.05) is 33.8 Å². The third-order valence-electron chi connectivity index (χ3n) is 3.65. The van der Waals surface area contributed by atoms with Crippen molar-refractivity contribution in [2.24, 2.45) is 10.9 Å². The molecular weight excluding hydrogens is 300 g/mol. The zero-order valence-electron chi connectivity index (χ0n) is 13.6. The van der Waals surface area contributed by atoms with E-state index >= 15 is 0 Å². The van der Waals surface area contributed by atoms with Crippen LogP contribution in [-0.4, -0.2) is 66.0 Å². The first kappa shape index (κ1) is 17.2. The Hall–Kier alpha value is -2.16. The Morgan fingerprint density at radius 3 is 3.04 bits per heavy atom. The smallest absolute Gasteiger partial charge is 0.306 e. The molecule has 128 valence electrons. The highest BCUT2D eigenvalue weighted by Crippen LogP contribution is 2.28. The van der Waals surface area contributed by atoms with Crippen LogP contribution >= 0.6 is 0 Å². The fourth-order valence-electron chi connectivity index (χ4n) is 2.08. The topological polar surface area (TPSA) is 97.8 Å². The number of ether oxygens (including phenoxy) is 1. The molecule has 1 saturated carbocycles. The van der Waals surface area contributed by atoms with Gasteiger partial charge < -0.3 is 15.0 Å². The van der Waals surface area contributed by atoms with Crippen LogP contribution in [0.1, 0.15) is 12.8 Å². The summed E-state index contributed by atoms with van der Waals surface area (Å²) < 4.78 is 7.16. The highest BCUT2D eigenvalue weighted by atomic mass is 16.6. The highest BCUT2D eigenvalue weighted by Gasteiger charge is 2.21. The minimum atomic E-state index is -0.453. The summed E-state index contributed by atoms with van der Waals surface area (Å²) in [5.74, 6) is 1.54. The van der Waals surface area contributed by atoms with Gasteiger partial charge in [0.25, 0.3) is 0 Å². The van der Waals surface area contributed by atoms with Crippen molar-refractivity contribution in [3.63, 3.8) is 0 Å². The summed E-state index contributed by atoms with van der Waals surface area (Å²) in [5, 5.41) is 17.8. The van der Waals surface area contributed by atoms with Crippen molar-refractivity contribution in [2.75, 3.05) is 40.4 Å². The predicted octanol–water partition coefficient (Wildman–Crippen LogP) is 0.725. The third kappa shape index (κ3) is 5.85. The van der Waals surface area contributed by atoms with E-state index in [1.165, 1.54) is 29.9 Å². The van der Waals surface area contributed by atoms with Crippen LogP contribution in [0.25, 0.3) is 0 Å². The number of hydrogen-bond acceptors (Lipinski definition) is 5. The van der Waals surface area contributed by atoms with Crippen LogP contribution in [0.15, 0.2) is 17.4 Å². The number of nitrogens with one attached hydrogen (secondary N) is 1. The minimum Gasteiger partial charge on any atom is -0.379 e. The maximum absolute atomic E-state index is 10.6. The molecule has 9 heteroatoms. The molecule has 0 aromatic carbocycles. The average Bonchev–Trinajstić information content (AvgIpc) is 3.23. The molecule has 0 spiro atoms. The van der Waals surface area contributed by atoms with Crippen molar-refractivity contribution in [2.45, 2.75) is 19.4 Å². The third-order valence-corrected chi connectivity index (χ3v) is 3.65. The largest absolute Gasteiger partial charge is 0.379 e. The Kier molecular flexibility index (Phi) is 6.33. The standard InChI is InChI=1S/C14H24N6O3/c1-15-14(18(2)7-8-23-11-12-3-4-12)16-5-6-19-10-13(9-17-19)20(21)22/h9-10,12H,3-8,11H2,1-2H3,(H,15,16). The molecule has 0 saturated heterocycles. The van der Waals surface area contributed by atoms with Crippen LogP contribution in [0.4, 0.5) is 5.69 Å². The molecule has 1 N–H and O–H groups in total. The molecule has 23 heavy (non-hydrogen) atoms. The quantitative estimate of drug-likeness (QED) is 0.236. The van der Waals surface area contributed by atoms with Gasteiger partial charge in [-0.05, 0) is 18.8 Å². The number of nitro groups is 1. The highest BCUT2D eigenvalue weighted by molar-refractivity contribution is 5.79. The van der Waals surface area contributed by atoms with Gasteiger partial charge in [-0.1, -0.05) is 0 Å². The number of rotatable bonds is 9. The molecule has 2 rings (SSSR count). The van der Waals surface area contributed by atoms with E-state index in [1.54, 1.807) is 7.05 Å². The first-order valence-electron chi connectivity index (χ1n) is 7.76. The van der Waals surface area contributed by atoms with E-state index in [4.69, 9.17) is 4.74 Å². The van der Waals surface area contributed by atoms with Crippen molar-refractivity contribution in [3.8, 4) is 0 Å². The first-order valence-corrected chi connectivity index (χ1v) is 7.76. The first-order chi connectivity index (χ1) is 11.1. The summed E-state index contributed by atoms with van der Waals surface area (Å²) in [6.45, 7) is 3.41. The second-order valence-electron chi connectivity index (χ2n) is 5.63. The number of guanidine groups is 1. The van der Waals surface area contributed by atoms with Crippen molar-refractivity contribution >= 4 is 11.6 Å². The Bertz CT molecular complexity index is 540. The van der Waals surface area contributed by atoms with E-state index in [-0.39, 0.29) is 5.69 Å². The maximum Gasteiger partial charge on any atom is 0.306 e. The normalized spacial score (nSPS) is 14.8. The summed E-state index contributed by atoms with van der Waals surface area (Å²) in [7, 11) is 3.68. The second kappa shape index (κ2) is 8.47. The summed E-state index contributed by atoms with van der Waals surface area (Å²) >= 11 is 0. The summed E-state index contributed by atoms with van der Waals surface area (Å²) in [6.07, 6.45) is 5.26. The van der Waals surface area contributed by atoms with Crippen LogP contribution in [0, 0.1) is 16.0 Å². The Labute approximate surface area is 135 Å². The molecule has 0 atom stereocenters. The van der Waals surface area contributed by atoms with E-state index in [9.17, 15) is 10.1 Å². The predicted molar refractivity (Wildman–Crippen MR) is 86.4 cm³/mol. The van der Waals surface area contributed by atoms with Crippen molar-refractivity contribution < 1.29 is 9.66 Å². The van der Waals surface area contributed by atoms with Crippen LogP contribution in [-0.2, 0) is 11.3 Å². The molecule has 1 fully saturated rings. The zero-order chi connectivity index (χ0) is 16.7. The van der Waals surface area contributed by atoms with Gasteiger partial charge >= 0.3 is 5.69 Å². The summed E-state index contributed by atoms with van der Waals surface area (Å²) in [5.41, 5.74) is -0.000637. The molecule has 1 heterocycles. The van der Waals surface area contributed by atoms with Crippen molar-refractivity contribution in [1.29, 1.82) is 0 Å². The van der Waals surface area contributed by atoms with Gasteiger partial charge in [0.2, 0.25) is 0 Å². The average molecular weight is 324 g/mol. The van der Waals surface area contributed by atoms with E-state index < -0.39 is 4.92 Å². The van der Waals surface area contributed by atoms with Gasteiger partial charge in [-0.15, -0.1) is 0 Å². The van der Waals surface area contributed by atoms with E-state index in [0.29, 0.717) is 19.7 Å². The molecule has 9 nitrogen and oxygen atoms in total. The van der Waals surface area contributed by atoms with Crippen LogP contribution in [0.2, 0.25) is 0 Å². The number of aromatic nitrogens is 2. The monoisotopic (exact) mass is 324 g/mol. The lowest BCUT2D eigenvalue weighted by Gasteiger charge is -2.22. The van der Waals surface area contributed by atoms with Gasteiger partial charge in [0.1, 0.15) is 12.4 Å². The van der Waals surface area contributed by atoms with E-state index in [1.807, 2.05) is 11.9 Å². The summed E-state index contributed by atoms with van der Waals surface area (Å²) in [6, 6.07) is 0. The molecule has 1 aliphatic rings. The minimum absolute atomic E-state index is 0.000637. The molecule has 0 unspecified atom stereocenters. The van der Waals surface area contributed by atoms with Crippen molar-refractivity contribution in [1.82, 2.24) is 20.0 Å². The number of likely N-dealkylation sites (N-methyl/N-ethyl adjacent to an activating group) is 1. The molecule has 0 amide bonds. The lowest BCUT2D eigenvalue weighted by Crippen LogP contribution is -2.41. The fourth-order valence-corrected chi connectivity index (χ4v) is 2.08. The van der Waals surface area contributed by atoms with Gasteiger partial charge in [0.05, 0.1) is 18.1 Å². The lowest BCUT2D eigenvalue weighted by atomic mass is 10.5. The van der Waals surface area contributed by atoms with E-state index in [2.05, 4.69) is 15.4 Å². The van der Waals surface area contributed by atoms with Crippen LogP contribution in [0.3, 0.4) is 0 Å². The maximum atomic E-state index is 10.6. The fraction of sp³-hybridized carbons (Fsp3) is 0.714. The molecule has 1 aliphatic carbocycles. The molecule has 1 aromatic rings. The second-order valence-corrected chi connectivity index (χ2v) is 5.63. The van der Waals surface area contributed by atoms with Gasteiger partial charge in [-0.2, -0.15) is 5.10 Å². The van der Waals surface area contributed by atoms with Crippen LogP contribution in [0.5, 0.6) is 0 Å². The SMILES string of the molecule is CN=C(NCCn1cc([N+](=O)[O-])cn1)N(C)CCOCC1CC1. The molecule has 0 aliphatic heterocycles. The molecule has 0 bridgehead atoms. The Morgan fingerprint density at radius 1 is 1.65 bits per heavy atom. The Balaban J connectivity index is 1.65. The van der Waals surface area contributed by atoms with Crippen molar-refractivity contribution in [3.05, 3.63) is 22.5 Å². The van der Waals surface area contributed by atoms with Gasteiger partial charge in [-0.3, -0.25) is 19.8 Å². The van der Waals surface area contributed by atoms with Gasteiger partial charge in [0.15, 0.2) is 5.96 Å². The van der Waals surface area contributed by atoms with Crippen LogP contribution < -0.4 is 5.32 Å².